The van der Waals surface area contributed by atoms with Gasteiger partial charge in [-0.1, -0.05) is 27.7 Å². The van der Waals surface area contributed by atoms with E-state index < -0.39 is 30.6 Å². The molecule has 14 nitrogen and oxygen atoms in total. The summed E-state index contributed by atoms with van der Waals surface area (Å²) in [5.74, 6) is 1.37. The van der Waals surface area contributed by atoms with Gasteiger partial charge < -0.3 is 40.2 Å². The SMILES string of the molecule is CC(C)C[C@H](N)C(=O)Cc1cc([C@H]2COC(C)(C)O2)cc(-c2ccc(Oc3ccc(F)cc3)cc2)n1.CC(C)C[C@H](NC(=O)C1CC1)C(=O)Cc1cc([C@H](O)CO)cc(-c2ccc(Oc3ccc(F)cc3)cc2)n1.O=C(Cl)C1CC1. The van der Waals surface area contributed by atoms with Gasteiger partial charge in [0.15, 0.2) is 17.4 Å². The highest BCUT2D eigenvalue weighted by atomic mass is 35.5. The molecular formula is C63H71ClF2N4O10. The Balaban J connectivity index is 0.000000209. The van der Waals surface area contributed by atoms with E-state index in [0.717, 1.165) is 48.1 Å². The van der Waals surface area contributed by atoms with Crippen LogP contribution < -0.4 is 20.5 Å². The zero-order valence-corrected chi connectivity index (χ0v) is 46.8. The summed E-state index contributed by atoms with van der Waals surface area (Å²) in [7, 11) is 0. The molecule has 3 fully saturated rings. The van der Waals surface area contributed by atoms with Crippen LogP contribution in [0.3, 0.4) is 0 Å². The molecular weight excluding hydrogens is 1050 g/mol. The van der Waals surface area contributed by atoms with Crippen molar-refractivity contribution in [3.05, 3.63) is 155 Å². The Labute approximate surface area is 471 Å². The Morgan fingerprint density at radius 2 is 1.15 bits per heavy atom. The van der Waals surface area contributed by atoms with E-state index in [1.165, 1.54) is 36.4 Å². The summed E-state index contributed by atoms with van der Waals surface area (Å²) in [5.41, 5.74) is 11.4. The molecule has 0 radical (unpaired) electrons. The molecule has 1 amide bonds. The van der Waals surface area contributed by atoms with Crippen molar-refractivity contribution in [1.82, 2.24) is 15.3 Å². The van der Waals surface area contributed by atoms with Gasteiger partial charge in [0.1, 0.15) is 46.8 Å². The largest absolute Gasteiger partial charge is 0.457 e. The Morgan fingerprint density at radius 1 is 0.688 bits per heavy atom. The third kappa shape index (κ3) is 18.9. The molecule has 2 saturated carbocycles. The molecule has 2 aromatic heterocycles. The zero-order valence-electron chi connectivity index (χ0n) is 46.0. The molecule has 17 heteroatoms. The molecule has 2 aliphatic carbocycles. The maximum absolute atomic E-state index is 13.3. The normalized spacial score (nSPS) is 16.6. The van der Waals surface area contributed by atoms with E-state index in [2.05, 4.69) is 10.3 Å². The van der Waals surface area contributed by atoms with Gasteiger partial charge in [-0.2, -0.15) is 0 Å². The molecule has 3 aliphatic rings. The standard InChI is InChI=1S/C30H33FN2O5.C29H33FN2O4.C4H5ClO/c1-18(2)13-27(33-30(37)20-3-4-20)28(35)16-23-14-21(29(36)17-34)15-26(32-23)19-5-9-24(10-6-19)38-25-11-7-22(31)8-12-25;1-18(2)13-25(31)27(33)16-22-14-20(28-17-34-29(3,4)36-28)15-26(32-22)19-5-9-23(10-6-19)35-24-11-7-21(30)8-12-24;5-4(6)3-1-2-3/h5-12,14-15,18,20,27,29,34,36H,3-4,13,16-17H2,1-2H3,(H,33,37);5-12,14-15,18,25,28H,13,16-17,31H2,1-4H3;3H,1-2H2/t27-,29+;25-,28+;/m00./s1. The van der Waals surface area contributed by atoms with Gasteiger partial charge in [0.05, 0.1) is 49.5 Å². The maximum Gasteiger partial charge on any atom is 0.224 e. The minimum Gasteiger partial charge on any atom is -0.457 e. The van der Waals surface area contributed by atoms with Crippen molar-refractivity contribution in [3.8, 4) is 45.5 Å². The number of nitrogens with one attached hydrogen (secondary N) is 1. The van der Waals surface area contributed by atoms with Gasteiger partial charge in [0.25, 0.3) is 0 Å². The number of aromatic nitrogens is 2. The zero-order chi connectivity index (χ0) is 57.7. The average Bonchev–Trinajstić information content (AvgIpc) is 4.37. The number of nitrogens with zero attached hydrogens (tertiary/aromatic N) is 2. The predicted octanol–water partition coefficient (Wildman–Crippen LogP) is 11.9. The summed E-state index contributed by atoms with van der Waals surface area (Å²) >= 11 is 5.04. The van der Waals surface area contributed by atoms with Crippen LogP contribution in [0.1, 0.15) is 115 Å². The van der Waals surface area contributed by atoms with Crippen molar-refractivity contribution in [3.63, 3.8) is 0 Å². The molecule has 3 heterocycles. The number of carbonyl (C=O) groups is 4. The van der Waals surface area contributed by atoms with E-state index in [-0.39, 0.29) is 71.0 Å². The van der Waals surface area contributed by atoms with Crippen LogP contribution in [0.5, 0.6) is 23.0 Å². The number of aliphatic hydroxyl groups excluding tert-OH is 2. The maximum atomic E-state index is 13.3. The summed E-state index contributed by atoms with van der Waals surface area (Å²) in [6.07, 6.45) is 3.64. The van der Waals surface area contributed by atoms with Gasteiger partial charge in [-0.25, -0.2) is 8.78 Å². The fourth-order valence-electron chi connectivity index (χ4n) is 8.64. The van der Waals surface area contributed by atoms with Crippen LogP contribution >= 0.6 is 11.6 Å². The van der Waals surface area contributed by atoms with Crippen LogP contribution in [0, 0.1) is 35.3 Å². The highest BCUT2D eigenvalue weighted by Gasteiger charge is 2.35. The second kappa shape index (κ2) is 28.1. The van der Waals surface area contributed by atoms with Crippen molar-refractivity contribution in [2.75, 3.05) is 13.2 Å². The highest BCUT2D eigenvalue weighted by molar-refractivity contribution is 6.64. The fourth-order valence-corrected chi connectivity index (χ4v) is 8.86. The molecule has 424 valence electrons. The van der Waals surface area contributed by atoms with E-state index in [0.29, 0.717) is 71.0 Å². The van der Waals surface area contributed by atoms with Crippen molar-refractivity contribution in [2.45, 2.75) is 123 Å². The number of rotatable bonds is 22. The summed E-state index contributed by atoms with van der Waals surface area (Å²) in [4.78, 5) is 57.8. The summed E-state index contributed by atoms with van der Waals surface area (Å²) < 4.78 is 49.7. The molecule has 1 saturated heterocycles. The minimum atomic E-state index is -1.13. The quantitative estimate of drug-likeness (QED) is 0.0467. The van der Waals surface area contributed by atoms with E-state index in [9.17, 15) is 38.2 Å². The van der Waals surface area contributed by atoms with Crippen LogP contribution in [-0.2, 0) is 41.5 Å². The number of halogens is 3. The molecule has 80 heavy (non-hydrogen) atoms. The number of ketones is 2. The van der Waals surface area contributed by atoms with Gasteiger partial charge in [0, 0.05) is 34.4 Å². The summed E-state index contributed by atoms with van der Waals surface area (Å²) in [6, 6.07) is 32.1. The molecule has 1 aliphatic heterocycles. The van der Waals surface area contributed by atoms with Crippen molar-refractivity contribution in [1.29, 1.82) is 0 Å². The fraction of sp³-hybridized carbons (Fsp3) is 0.397. The number of amides is 1. The second-order valence-corrected chi connectivity index (χ2v) is 22.2. The first-order valence-corrected chi connectivity index (χ1v) is 27.5. The number of Topliss-reactive ketones (excluding diaryl/α,β-unsaturated/α-hetero) is 2. The van der Waals surface area contributed by atoms with Crippen LogP contribution in [0.15, 0.2) is 121 Å². The lowest BCUT2D eigenvalue weighted by Crippen LogP contribution is -2.43. The summed E-state index contributed by atoms with van der Waals surface area (Å²) in [6.45, 7) is 11.8. The minimum absolute atomic E-state index is 0.000211. The molecule has 4 atom stereocenters. The Kier molecular flexibility index (Phi) is 21.3. The highest BCUT2D eigenvalue weighted by Crippen LogP contribution is 2.36. The lowest BCUT2D eigenvalue weighted by atomic mass is 9.96. The Hall–Kier alpha value is -6.79. The summed E-state index contributed by atoms with van der Waals surface area (Å²) in [5, 5.41) is 22.6. The van der Waals surface area contributed by atoms with Crippen LogP contribution in [-0.4, -0.2) is 74.0 Å². The lowest BCUT2D eigenvalue weighted by Gasteiger charge is -2.20. The number of hydrogen-bond acceptors (Lipinski definition) is 13. The van der Waals surface area contributed by atoms with Crippen molar-refractivity contribution in [2.24, 2.45) is 29.4 Å². The lowest BCUT2D eigenvalue weighted by molar-refractivity contribution is -0.139. The average molecular weight is 1120 g/mol. The second-order valence-electron chi connectivity index (χ2n) is 21.8. The van der Waals surface area contributed by atoms with E-state index in [1.807, 2.05) is 77.9 Å². The smallest absolute Gasteiger partial charge is 0.224 e. The number of aliphatic hydroxyl groups is 2. The number of carbonyl (C=O) groups excluding carboxylic acids is 4. The molecule has 6 aromatic rings. The van der Waals surface area contributed by atoms with E-state index >= 15 is 0 Å². The van der Waals surface area contributed by atoms with Crippen LogP contribution in [0.25, 0.3) is 22.5 Å². The Bertz CT molecular complexity index is 3040. The van der Waals surface area contributed by atoms with Crippen LogP contribution in [0.4, 0.5) is 8.78 Å². The molecule has 4 aromatic carbocycles. The molecule has 0 unspecified atom stereocenters. The molecule has 0 bridgehead atoms. The number of hydrogen-bond donors (Lipinski definition) is 4. The molecule has 0 spiro atoms. The predicted molar refractivity (Wildman–Crippen MR) is 301 cm³/mol. The van der Waals surface area contributed by atoms with Gasteiger partial charge in [-0.15, -0.1) is 0 Å². The Morgan fingerprint density at radius 3 is 1.57 bits per heavy atom. The number of nitrogens with two attached hydrogens (primary N) is 1. The van der Waals surface area contributed by atoms with Gasteiger partial charge in [0.2, 0.25) is 11.1 Å². The van der Waals surface area contributed by atoms with Gasteiger partial charge in [-0.05, 0) is 208 Å². The number of pyridine rings is 2. The third-order valence-corrected chi connectivity index (χ3v) is 13.6. The van der Waals surface area contributed by atoms with E-state index in [1.54, 1.807) is 48.5 Å². The number of ether oxygens (including phenoxy) is 4. The van der Waals surface area contributed by atoms with Gasteiger partial charge >= 0.3 is 0 Å². The van der Waals surface area contributed by atoms with Crippen LogP contribution in [0.2, 0.25) is 0 Å². The van der Waals surface area contributed by atoms with Crippen molar-refractivity contribution < 1.29 is 57.1 Å². The molecule has 5 N–H and O–H groups in total. The van der Waals surface area contributed by atoms with Gasteiger partial charge in [-0.3, -0.25) is 29.1 Å². The third-order valence-electron chi connectivity index (χ3n) is 13.2. The van der Waals surface area contributed by atoms with Crippen molar-refractivity contribution >= 4 is 34.3 Å². The molecule has 9 rings (SSSR count). The van der Waals surface area contributed by atoms with E-state index in [4.69, 9.17) is 41.3 Å². The first-order valence-electron chi connectivity index (χ1n) is 27.1. The number of benzene rings is 4. The monoisotopic (exact) mass is 1120 g/mol. The first kappa shape index (κ1) is 60.8. The first-order chi connectivity index (χ1) is 38.1. The topological polar surface area (TPSA) is 209 Å².